The van der Waals surface area contributed by atoms with E-state index in [1.807, 2.05) is 6.07 Å². The summed E-state index contributed by atoms with van der Waals surface area (Å²) in [4.78, 5) is 2.51. The second kappa shape index (κ2) is 4.84. The summed E-state index contributed by atoms with van der Waals surface area (Å²) in [7, 11) is 0. The molecular formula is C11H12N2OS2. The van der Waals surface area contributed by atoms with Crippen molar-refractivity contribution in [3.05, 3.63) is 24.3 Å². The van der Waals surface area contributed by atoms with E-state index < -0.39 is 0 Å². The molecule has 84 valence electrons. The maximum Gasteiger partial charge on any atom is 0.222 e. The molecule has 0 fully saturated rings. The first-order chi connectivity index (χ1) is 7.74. The van der Waals surface area contributed by atoms with Crippen LogP contribution in [-0.4, -0.2) is 17.7 Å². The van der Waals surface area contributed by atoms with Crippen LogP contribution in [0.4, 0.5) is 5.88 Å². The second-order valence-corrected chi connectivity index (χ2v) is 4.88. The number of nitrogen functional groups attached to an aromatic ring is 1. The lowest BCUT2D eigenvalue weighted by atomic mass is 10.1. The minimum Gasteiger partial charge on any atom is -0.368 e. The van der Waals surface area contributed by atoms with E-state index in [0.717, 1.165) is 11.3 Å². The van der Waals surface area contributed by atoms with Gasteiger partial charge in [-0.2, -0.15) is 0 Å². The van der Waals surface area contributed by atoms with Crippen molar-refractivity contribution < 1.29 is 4.52 Å². The number of hydrogen-bond donors (Lipinski definition) is 1. The molecule has 0 radical (unpaired) electrons. The van der Waals surface area contributed by atoms with Crippen LogP contribution in [0.5, 0.6) is 0 Å². The molecule has 0 unspecified atom stereocenters. The normalized spacial score (nSPS) is 10.6. The SMILES string of the molecule is CSc1ccc(-c2cc(N)on2)cc1SC. The Labute approximate surface area is 103 Å². The smallest absolute Gasteiger partial charge is 0.222 e. The number of hydrogen-bond acceptors (Lipinski definition) is 5. The van der Waals surface area contributed by atoms with Crippen molar-refractivity contribution in [2.75, 3.05) is 18.2 Å². The van der Waals surface area contributed by atoms with E-state index in [1.54, 1.807) is 29.6 Å². The first-order valence-corrected chi connectivity index (χ1v) is 7.14. The summed E-state index contributed by atoms with van der Waals surface area (Å²) >= 11 is 3.46. The van der Waals surface area contributed by atoms with Crippen molar-refractivity contribution in [3.63, 3.8) is 0 Å². The molecule has 16 heavy (non-hydrogen) atoms. The van der Waals surface area contributed by atoms with Crippen LogP contribution in [0, 0.1) is 0 Å². The molecule has 0 spiro atoms. The van der Waals surface area contributed by atoms with Gasteiger partial charge in [0.1, 0.15) is 5.69 Å². The Kier molecular flexibility index (Phi) is 3.46. The highest BCUT2D eigenvalue weighted by Gasteiger charge is 2.07. The molecule has 0 amide bonds. The third kappa shape index (κ3) is 2.20. The first-order valence-electron chi connectivity index (χ1n) is 4.69. The standard InChI is InChI=1S/C11H12N2OS2/c1-15-9-4-3-7(5-10(9)16-2)8-6-11(12)14-13-8/h3-6H,12H2,1-2H3. The summed E-state index contributed by atoms with van der Waals surface area (Å²) < 4.78 is 4.86. The highest BCUT2D eigenvalue weighted by Crippen LogP contribution is 2.32. The summed E-state index contributed by atoms with van der Waals surface area (Å²) in [6.45, 7) is 0. The van der Waals surface area contributed by atoms with Gasteiger partial charge in [-0.15, -0.1) is 23.5 Å². The number of anilines is 1. The van der Waals surface area contributed by atoms with Crippen LogP contribution in [0.15, 0.2) is 38.6 Å². The van der Waals surface area contributed by atoms with E-state index in [0.29, 0.717) is 5.88 Å². The van der Waals surface area contributed by atoms with Gasteiger partial charge in [-0.3, -0.25) is 0 Å². The van der Waals surface area contributed by atoms with Gasteiger partial charge in [0.2, 0.25) is 5.88 Å². The molecule has 2 aromatic rings. The van der Waals surface area contributed by atoms with Crippen molar-refractivity contribution >= 4 is 29.4 Å². The van der Waals surface area contributed by atoms with Crippen LogP contribution in [0.3, 0.4) is 0 Å². The van der Waals surface area contributed by atoms with Gasteiger partial charge in [-0.1, -0.05) is 11.2 Å². The average molecular weight is 252 g/mol. The highest BCUT2D eigenvalue weighted by molar-refractivity contribution is 8.01. The molecule has 0 aliphatic heterocycles. The van der Waals surface area contributed by atoms with Crippen molar-refractivity contribution in [2.45, 2.75) is 9.79 Å². The van der Waals surface area contributed by atoms with E-state index in [1.165, 1.54) is 9.79 Å². The lowest BCUT2D eigenvalue weighted by molar-refractivity contribution is 0.439. The quantitative estimate of drug-likeness (QED) is 0.849. The third-order valence-electron chi connectivity index (χ3n) is 2.21. The van der Waals surface area contributed by atoms with Crippen LogP contribution in [0.2, 0.25) is 0 Å². The summed E-state index contributed by atoms with van der Waals surface area (Å²) in [5, 5.41) is 3.90. The number of thioether (sulfide) groups is 2. The van der Waals surface area contributed by atoms with Crippen LogP contribution in [0.25, 0.3) is 11.3 Å². The van der Waals surface area contributed by atoms with Crippen molar-refractivity contribution in [3.8, 4) is 11.3 Å². The van der Waals surface area contributed by atoms with E-state index in [2.05, 4.69) is 29.8 Å². The Balaban J connectivity index is 2.43. The Morgan fingerprint density at radius 3 is 2.44 bits per heavy atom. The van der Waals surface area contributed by atoms with E-state index in [9.17, 15) is 0 Å². The predicted octanol–water partition coefficient (Wildman–Crippen LogP) is 3.37. The number of aromatic nitrogens is 1. The molecule has 0 aliphatic carbocycles. The van der Waals surface area contributed by atoms with Gasteiger partial charge in [0.15, 0.2) is 0 Å². The van der Waals surface area contributed by atoms with Gasteiger partial charge in [0.05, 0.1) is 0 Å². The maximum atomic E-state index is 5.50. The minimum absolute atomic E-state index is 0.342. The summed E-state index contributed by atoms with van der Waals surface area (Å²) in [6, 6.07) is 7.96. The topological polar surface area (TPSA) is 52.0 Å². The molecule has 2 N–H and O–H groups in total. The van der Waals surface area contributed by atoms with Gasteiger partial charge in [0, 0.05) is 21.4 Å². The minimum atomic E-state index is 0.342. The fraction of sp³-hybridized carbons (Fsp3) is 0.182. The van der Waals surface area contributed by atoms with Gasteiger partial charge in [-0.25, -0.2) is 0 Å². The summed E-state index contributed by atoms with van der Waals surface area (Å²) in [5.74, 6) is 0.342. The molecule has 0 saturated heterocycles. The van der Waals surface area contributed by atoms with Gasteiger partial charge in [-0.05, 0) is 24.6 Å². The molecule has 0 atom stereocenters. The van der Waals surface area contributed by atoms with Crippen molar-refractivity contribution in [1.82, 2.24) is 5.16 Å². The van der Waals surface area contributed by atoms with E-state index in [4.69, 9.17) is 10.3 Å². The number of benzene rings is 1. The molecule has 0 bridgehead atoms. The van der Waals surface area contributed by atoms with E-state index >= 15 is 0 Å². The maximum absolute atomic E-state index is 5.50. The van der Waals surface area contributed by atoms with Gasteiger partial charge < -0.3 is 10.3 Å². The zero-order valence-corrected chi connectivity index (χ0v) is 10.7. The monoisotopic (exact) mass is 252 g/mol. The van der Waals surface area contributed by atoms with Crippen LogP contribution < -0.4 is 5.73 Å². The first kappa shape index (κ1) is 11.4. The third-order valence-corrected chi connectivity index (χ3v) is 3.91. The molecule has 2 rings (SSSR count). The molecule has 1 aromatic carbocycles. The number of nitrogens with zero attached hydrogens (tertiary/aromatic N) is 1. The average Bonchev–Trinajstić information content (AvgIpc) is 2.75. The van der Waals surface area contributed by atoms with Crippen LogP contribution >= 0.6 is 23.5 Å². The number of rotatable bonds is 3. The zero-order valence-electron chi connectivity index (χ0n) is 9.06. The highest BCUT2D eigenvalue weighted by atomic mass is 32.2. The van der Waals surface area contributed by atoms with Gasteiger partial charge in [0.25, 0.3) is 0 Å². The molecule has 0 aliphatic rings. The fourth-order valence-electron chi connectivity index (χ4n) is 1.42. The van der Waals surface area contributed by atoms with Crippen LogP contribution in [-0.2, 0) is 0 Å². The molecule has 1 aromatic heterocycles. The largest absolute Gasteiger partial charge is 0.368 e. The molecule has 5 heteroatoms. The lowest BCUT2D eigenvalue weighted by Crippen LogP contribution is -1.82. The summed E-state index contributed by atoms with van der Waals surface area (Å²) in [5.41, 5.74) is 7.31. The summed E-state index contributed by atoms with van der Waals surface area (Å²) in [6.07, 6.45) is 4.14. The Morgan fingerprint density at radius 1 is 1.12 bits per heavy atom. The number of nitrogens with two attached hydrogens (primary N) is 1. The predicted molar refractivity (Wildman–Crippen MR) is 69.9 cm³/mol. The molecular weight excluding hydrogens is 240 g/mol. The van der Waals surface area contributed by atoms with Crippen molar-refractivity contribution in [2.24, 2.45) is 0 Å². The second-order valence-electron chi connectivity index (χ2n) is 3.18. The van der Waals surface area contributed by atoms with Crippen molar-refractivity contribution in [1.29, 1.82) is 0 Å². The van der Waals surface area contributed by atoms with Crippen LogP contribution in [0.1, 0.15) is 0 Å². The molecule has 0 saturated carbocycles. The zero-order chi connectivity index (χ0) is 11.5. The van der Waals surface area contributed by atoms with E-state index in [-0.39, 0.29) is 0 Å². The lowest BCUT2D eigenvalue weighted by Gasteiger charge is -2.05. The molecule has 1 heterocycles. The van der Waals surface area contributed by atoms with Gasteiger partial charge >= 0.3 is 0 Å². The Morgan fingerprint density at radius 2 is 1.88 bits per heavy atom. The Bertz CT molecular complexity index is 496. The fourth-order valence-corrected chi connectivity index (χ4v) is 2.90. The molecule has 3 nitrogen and oxygen atoms in total. The Hall–Kier alpha value is -1.07.